The van der Waals surface area contributed by atoms with Gasteiger partial charge in [-0.15, -0.1) is 11.3 Å². The number of hydrogen-bond donors (Lipinski definition) is 2. The molecular weight excluding hydrogens is 405 g/mol. The van der Waals surface area contributed by atoms with Gasteiger partial charge in [-0.05, 0) is 17.7 Å². The van der Waals surface area contributed by atoms with Crippen molar-refractivity contribution in [2.75, 3.05) is 24.3 Å². The van der Waals surface area contributed by atoms with Crippen LogP contribution in [0.5, 0.6) is 5.75 Å². The van der Waals surface area contributed by atoms with Crippen LogP contribution in [0.3, 0.4) is 0 Å². The number of fused-ring (bicyclic) bond motifs is 3. The molecule has 0 atom stereocenters. The van der Waals surface area contributed by atoms with Crippen LogP contribution in [-0.2, 0) is 13.0 Å². The Morgan fingerprint density at radius 1 is 1.23 bits per heavy atom. The van der Waals surface area contributed by atoms with Gasteiger partial charge in [0.05, 0.1) is 37.3 Å². The molecule has 5 rings (SSSR count). The van der Waals surface area contributed by atoms with Crippen molar-refractivity contribution in [2.45, 2.75) is 13.0 Å². The highest BCUT2D eigenvalue weighted by atomic mass is 32.1. The summed E-state index contributed by atoms with van der Waals surface area (Å²) in [5.41, 5.74) is 2.98. The highest BCUT2D eigenvalue weighted by Crippen LogP contribution is 2.37. The third kappa shape index (κ3) is 3.69. The predicted molar refractivity (Wildman–Crippen MR) is 113 cm³/mol. The Bertz CT molecular complexity index is 1170. The molecule has 4 aromatic rings. The fraction of sp³-hybridized carbons (Fsp3) is 0.200. The van der Waals surface area contributed by atoms with E-state index in [9.17, 15) is 4.39 Å². The fourth-order valence-electron chi connectivity index (χ4n) is 3.28. The van der Waals surface area contributed by atoms with Gasteiger partial charge in [0.25, 0.3) is 0 Å². The first-order valence-corrected chi connectivity index (χ1v) is 10.2. The van der Waals surface area contributed by atoms with E-state index in [1.807, 2.05) is 35.1 Å². The van der Waals surface area contributed by atoms with Gasteiger partial charge in [-0.25, -0.2) is 19.3 Å². The molecule has 0 fully saturated rings. The number of thiazole rings is 1. The molecule has 0 aliphatic carbocycles. The highest BCUT2D eigenvalue weighted by Gasteiger charge is 2.22. The standard InChI is InChI=1S/C20H18FN7OS/c1-29-14-4-2-12(3-5-14)10-28-11-15-17-16(6-7-22-18(15)27-28)30-20(25-17)26-19-23-8-13(21)9-24-19/h2-5,8-9,11H,6-7,10H2,1H3,(H,22,27)(H,23,24,25,26). The Kier molecular flexibility index (Phi) is 4.75. The van der Waals surface area contributed by atoms with Crippen LogP contribution in [-0.4, -0.2) is 38.4 Å². The van der Waals surface area contributed by atoms with Gasteiger partial charge in [0.2, 0.25) is 5.95 Å². The summed E-state index contributed by atoms with van der Waals surface area (Å²) in [6.45, 7) is 1.42. The van der Waals surface area contributed by atoms with Gasteiger partial charge in [0, 0.05) is 24.0 Å². The topological polar surface area (TPSA) is 89.8 Å². The van der Waals surface area contributed by atoms with E-state index in [-0.39, 0.29) is 0 Å². The molecule has 0 unspecified atom stereocenters. The van der Waals surface area contributed by atoms with Crippen LogP contribution in [0.2, 0.25) is 0 Å². The second-order valence-electron chi connectivity index (χ2n) is 6.75. The van der Waals surface area contributed by atoms with Gasteiger partial charge in [0.1, 0.15) is 5.75 Å². The molecule has 10 heteroatoms. The summed E-state index contributed by atoms with van der Waals surface area (Å²) in [7, 11) is 1.65. The molecular formula is C20H18FN7OS. The quantitative estimate of drug-likeness (QED) is 0.506. The van der Waals surface area contributed by atoms with Crippen LogP contribution in [0.25, 0.3) is 11.3 Å². The van der Waals surface area contributed by atoms with Crippen molar-refractivity contribution in [2.24, 2.45) is 0 Å². The zero-order valence-corrected chi connectivity index (χ0v) is 16.9. The summed E-state index contributed by atoms with van der Waals surface area (Å²) >= 11 is 1.54. The van der Waals surface area contributed by atoms with E-state index in [1.165, 1.54) is 0 Å². The number of halogens is 1. The predicted octanol–water partition coefficient (Wildman–Crippen LogP) is 3.70. The third-order valence-corrected chi connectivity index (χ3v) is 5.73. The minimum atomic E-state index is -0.476. The minimum Gasteiger partial charge on any atom is -0.497 e. The maximum atomic E-state index is 13.0. The number of anilines is 3. The normalized spacial score (nSPS) is 12.5. The van der Waals surface area contributed by atoms with E-state index >= 15 is 0 Å². The van der Waals surface area contributed by atoms with Crippen molar-refractivity contribution in [1.82, 2.24) is 24.7 Å². The largest absolute Gasteiger partial charge is 0.497 e. The van der Waals surface area contributed by atoms with Crippen LogP contribution in [0.4, 0.5) is 21.3 Å². The average Bonchev–Trinajstić information content (AvgIpc) is 3.30. The van der Waals surface area contributed by atoms with E-state index in [0.29, 0.717) is 17.6 Å². The lowest BCUT2D eigenvalue weighted by atomic mass is 10.2. The Labute approximate surface area is 175 Å². The van der Waals surface area contributed by atoms with Crippen molar-refractivity contribution >= 4 is 28.2 Å². The Morgan fingerprint density at radius 2 is 2.03 bits per heavy atom. The van der Waals surface area contributed by atoms with Crippen LogP contribution in [0.15, 0.2) is 42.9 Å². The van der Waals surface area contributed by atoms with E-state index in [1.54, 1.807) is 18.4 Å². The number of benzene rings is 1. The van der Waals surface area contributed by atoms with Gasteiger partial charge in [-0.2, -0.15) is 5.10 Å². The van der Waals surface area contributed by atoms with Crippen molar-refractivity contribution < 1.29 is 9.13 Å². The Balaban J connectivity index is 1.41. The molecule has 0 bridgehead atoms. The maximum Gasteiger partial charge on any atom is 0.229 e. The minimum absolute atomic E-state index is 0.314. The number of hydrogen-bond acceptors (Lipinski definition) is 8. The number of aromatic nitrogens is 5. The van der Waals surface area contributed by atoms with Crippen molar-refractivity contribution in [3.63, 3.8) is 0 Å². The summed E-state index contributed by atoms with van der Waals surface area (Å²) in [5, 5.41) is 11.8. The fourth-order valence-corrected chi connectivity index (χ4v) is 4.25. The molecule has 3 aromatic heterocycles. The van der Waals surface area contributed by atoms with Crippen molar-refractivity contribution in [1.29, 1.82) is 0 Å². The second-order valence-corrected chi connectivity index (χ2v) is 7.84. The molecule has 8 nitrogen and oxygen atoms in total. The molecule has 152 valence electrons. The van der Waals surface area contributed by atoms with Gasteiger partial charge >= 0.3 is 0 Å². The monoisotopic (exact) mass is 423 g/mol. The molecule has 0 saturated heterocycles. The molecule has 0 radical (unpaired) electrons. The summed E-state index contributed by atoms with van der Waals surface area (Å²) in [5.74, 6) is 1.48. The van der Waals surface area contributed by atoms with E-state index in [0.717, 1.165) is 58.6 Å². The van der Waals surface area contributed by atoms with Crippen LogP contribution in [0, 0.1) is 5.82 Å². The zero-order valence-electron chi connectivity index (χ0n) is 16.1. The number of ether oxygens (including phenoxy) is 1. The zero-order chi connectivity index (χ0) is 20.5. The number of rotatable bonds is 5. The lowest BCUT2D eigenvalue weighted by Gasteiger charge is -2.04. The van der Waals surface area contributed by atoms with Crippen LogP contribution >= 0.6 is 11.3 Å². The molecule has 2 N–H and O–H groups in total. The second kappa shape index (κ2) is 7.71. The smallest absolute Gasteiger partial charge is 0.229 e. The molecule has 1 aliphatic rings. The first-order chi connectivity index (χ1) is 14.7. The number of methoxy groups -OCH3 is 1. The first kappa shape index (κ1) is 18.5. The molecule has 0 amide bonds. The van der Waals surface area contributed by atoms with E-state index in [2.05, 4.69) is 20.6 Å². The van der Waals surface area contributed by atoms with Crippen LogP contribution in [0.1, 0.15) is 10.4 Å². The third-order valence-electron chi connectivity index (χ3n) is 4.70. The Hall–Kier alpha value is -3.53. The summed E-state index contributed by atoms with van der Waals surface area (Å²) in [6, 6.07) is 7.93. The van der Waals surface area contributed by atoms with Crippen LogP contribution < -0.4 is 15.4 Å². The maximum absolute atomic E-state index is 13.0. The summed E-state index contributed by atoms with van der Waals surface area (Å²) < 4.78 is 20.2. The molecule has 1 aliphatic heterocycles. The number of nitrogens with one attached hydrogen (secondary N) is 2. The summed E-state index contributed by atoms with van der Waals surface area (Å²) in [6.07, 6.45) is 5.10. The summed E-state index contributed by atoms with van der Waals surface area (Å²) in [4.78, 5) is 13.8. The molecule has 1 aromatic carbocycles. The lowest BCUT2D eigenvalue weighted by Crippen LogP contribution is -2.05. The number of nitrogens with zero attached hydrogens (tertiary/aromatic N) is 5. The van der Waals surface area contributed by atoms with Gasteiger partial charge < -0.3 is 15.4 Å². The molecule has 30 heavy (non-hydrogen) atoms. The van der Waals surface area contributed by atoms with E-state index < -0.39 is 5.82 Å². The van der Waals surface area contributed by atoms with Gasteiger partial charge in [-0.1, -0.05) is 12.1 Å². The van der Waals surface area contributed by atoms with Gasteiger partial charge in [-0.3, -0.25) is 4.68 Å². The van der Waals surface area contributed by atoms with Crippen molar-refractivity contribution in [3.8, 4) is 17.0 Å². The SMILES string of the molecule is COc1ccc(Cn2cc3c(n2)NCCc2sc(Nc4ncc(F)cn4)nc2-3)cc1. The van der Waals surface area contributed by atoms with Gasteiger partial charge in [0.15, 0.2) is 16.8 Å². The molecule has 0 saturated carbocycles. The van der Waals surface area contributed by atoms with E-state index in [4.69, 9.17) is 14.8 Å². The molecule has 4 heterocycles. The highest BCUT2D eigenvalue weighted by molar-refractivity contribution is 7.16. The molecule has 0 spiro atoms. The lowest BCUT2D eigenvalue weighted by molar-refractivity contribution is 0.414. The Morgan fingerprint density at radius 3 is 2.80 bits per heavy atom. The first-order valence-electron chi connectivity index (χ1n) is 9.37. The average molecular weight is 423 g/mol. The van der Waals surface area contributed by atoms with Crippen molar-refractivity contribution in [3.05, 3.63) is 59.1 Å².